The van der Waals surface area contributed by atoms with Crippen LogP contribution in [0.3, 0.4) is 0 Å². The number of amides is 2. The van der Waals surface area contributed by atoms with Crippen molar-refractivity contribution >= 4 is 35.1 Å². The molecule has 0 atom stereocenters. The summed E-state index contributed by atoms with van der Waals surface area (Å²) in [7, 11) is 0. The van der Waals surface area contributed by atoms with Crippen molar-refractivity contribution in [3.63, 3.8) is 0 Å². The number of halogens is 1. The van der Waals surface area contributed by atoms with E-state index in [1.807, 2.05) is 0 Å². The summed E-state index contributed by atoms with van der Waals surface area (Å²) in [6, 6.07) is 4.42. The van der Waals surface area contributed by atoms with Crippen LogP contribution >= 0.6 is 11.6 Å². The zero-order valence-electron chi connectivity index (χ0n) is 10.2. The third-order valence-corrected chi connectivity index (χ3v) is 2.54. The Kier molecular flexibility index (Phi) is 5.32. The van der Waals surface area contributed by atoms with E-state index in [9.17, 15) is 14.4 Å². The SMILES string of the molecule is CC(=O)NCCC(=O)Nc1cccc(Cl)c1C(=O)O. The summed E-state index contributed by atoms with van der Waals surface area (Å²) in [5.74, 6) is -1.86. The molecule has 0 aromatic heterocycles. The first-order chi connectivity index (χ1) is 8.91. The Bertz CT molecular complexity index is 516. The first-order valence-corrected chi connectivity index (χ1v) is 5.85. The van der Waals surface area contributed by atoms with Crippen LogP contribution in [0.2, 0.25) is 5.02 Å². The van der Waals surface area contributed by atoms with Crippen LogP contribution in [0.1, 0.15) is 23.7 Å². The van der Waals surface area contributed by atoms with Crippen molar-refractivity contribution in [1.29, 1.82) is 0 Å². The minimum Gasteiger partial charge on any atom is -0.478 e. The van der Waals surface area contributed by atoms with Crippen LogP contribution in [-0.4, -0.2) is 29.4 Å². The summed E-state index contributed by atoms with van der Waals surface area (Å²) in [5.41, 5.74) is -0.0233. The molecule has 0 bridgehead atoms. The maximum atomic E-state index is 11.6. The van der Waals surface area contributed by atoms with Gasteiger partial charge in [0.05, 0.1) is 10.7 Å². The molecule has 0 aliphatic carbocycles. The lowest BCUT2D eigenvalue weighted by atomic mass is 10.1. The van der Waals surface area contributed by atoms with Gasteiger partial charge in [0.2, 0.25) is 11.8 Å². The molecule has 1 aromatic carbocycles. The number of aromatic carboxylic acids is 1. The highest BCUT2D eigenvalue weighted by molar-refractivity contribution is 6.34. The molecule has 1 rings (SSSR count). The van der Waals surface area contributed by atoms with E-state index in [1.54, 1.807) is 0 Å². The summed E-state index contributed by atoms with van der Waals surface area (Å²) in [5, 5.41) is 14.0. The second kappa shape index (κ2) is 6.75. The van der Waals surface area contributed by atoms with Crippen molar-refractivity contribution < 1.29 is 19.5 Å². The number of carbonyl (C=O) groups is 3. The molecule has 0 heterocycles. The number of carboxylic acids is 1. The summed E-state index contributed by atoms with van der Waals surface area (Å²) in [4.78, 5) is 33.2. The maximum Gasteiger partial charge on any atom is 0.339 e. The number of nitrogens with one attached hydrogen (secondary N) is 2. The van der Waals surface area contributed by atoms with Gasteiger partial charge in [0.25, 0.3) is 0 Å². The van der Waals surface area contributed by atoms with E-state index in [0.717, 1.165) is 0 Å². The van der Waals surface area contributed by atoms with Crippen LogP contribution in [0.5, 0.6) is 0 Å². The molecule has 0 unspecified atom stereocenters. The minimum absolute atomic E-state index is 0.0468. The molecular formula is C12H13ClN2O4. The molecule has 0 fully saturated rings. The molecule has 0 aliphatic heterocycles. The fourth-order valence-corrected chi connectivity index (χ4v) is 1.67. The molecular weight excluding hydrogens is 272 g/mol. The zero-order valence-corrected chi connectivity index (χ0v) is 11.0. The van der Waals surface area contributed by atoms with Gasteiger partial charge in [0, 0.05) is 19.9 Å². The van der Waals surface area contributed by atoms with Crippen molar-refractivity contribution in [2.24, 2.45) is 0 Å². The van der Waals surface area contributed by atoms with Gasteiger partial charge in [-0.3, -0.25) is 9.59 Å². The highest BCUT2D eigenvalue weighted by atomic mass is 35.5. The van der Waals surface area contributed by atoms with E-state index >= 15 is 0 Å². The number of hydrogen-bond acceptors (Lipinski definition) is 3. The fourth-order valence-electron chi connectivity index (χ4n) is 1.41. The predicted octanol–water partition coefficient (Wildman–Crippen LogP) is 1.50. The van der Waals surface area contributed by atoms with Gasteiger partial charge in [-0.1, -0.05) is 17.7 Å². The number of rotatable bonds is 5. The largest absolute Gasteiger partial charge is 0.478 e. The number of hydrogen-bond donors (Lipinski definition) is 3. The summed E-state index contributed by atoms with van der Waals surface area (Å²) < 4.78 is 0. The lowest BCUT2D eigenvalue weighted by Crippen LogP contribution is -2.25. The number of anilines is 1. The van der Waals surface area contributed by atoms with Gasteiger partial charge in [-0.05, 0) is 12.1 Å². The summed E-state index contributed by atoms with van der Waals surface area (Å²) in [6.07, 6.45) is 0.0468. The monoisotopic (exact) mass is 284 g/mol. The first kappa shape index (κ1) is 15.0. The average Bonchev–Trinajstić information content (AvgIpc) is 2.27. The van der Waals surface area contributed by atoms with Gasteiger partial charge >= 0.3 is 5.97 Å². The van der Waals surface area contributed by atoms with E-state index in [4.69, 9.17) is 16.7 Å². The third-order valence-electron chi connectivity index (χ3n) is 2.23. The molecule has 1 aromatic rings. The quantitative estimate of drug-likeness (QED) is 0.763. The van der Waals surface area contributed by atoms with Gasteiger partial charge in [0.15, 0.2) is 0 Å². The van der Waals surface area contributed by atoms with E-state index in [-0.39, 0.29) is 35.1 Å². The number of benzene rings is 1. The molecule has 0 radical (unpaired) electrons. The standard InChI is InChI=1S/C12H13ClN2O4/c1-7(16)14-6-5-10(17)15-9-4-2-3-8(13)11(9)12(18)19/h2-4H,5-6H2,1H3,(H,14,16)(H,15,17)(H,18,19). The van der Waals surface area contributed by atoms with Crippen molar-refractivity contribution in [3.8, 4) is 0 Å². The molecule has 102 valence electrons. The van der Waals surface area contributed by atoms with E-state index in [1.165, 1.54) is 25.1 Å². The van der Waals surface area contributed by atoms with Gasteiger partial charge < -0.3 is 15.7 Å². The minimum atomic E-state index is -1.22. The summed E-state index contributed by atoms with van der Waals surface area (Å²) in [6.45, 7) is 1.53. The van der Waals surface area contributed by atoms with Crippen LogP contribution < -0.4 is 10.6 Å². The van der Waals surface area contributed by atoms with Crippen LogP contribution in [0.4, 0.5) is 5.69 Å². The van der Waals surface area contributed by atoms with Crippen LogP contribution in [0.25, 0.3) is 0 Å². The van der Waals surface area contributed by atoms with Crippen LogP contribution in [0.15, 0.2) is 18.2 Å². The molecule has 7 heteroatoms. The molecule has 6 nitrogen and oxygen atoms in total. The third kappa shape index (κ3) is 4.59. The average molecular weight is 285 g/mol. The summed E-state index contributed by atoms with van der Waals surface area (Å²) >= 11 is 5.76. The van der Waals surface area contributed by atoms with E-state index in [2.05, 4.69) is 10.6 Å². The van der Waals surface area contributed by atoms with Crippen LogP contribution in [0, 0.1) is 0 Å². The fraction of sp³-hybridized carbons (Fsp3) is 0.250. The Morgan fingerprint density at radius 2 is 2.00 bits per heavy atom. The lowest BCUT2D eigenvalue weighted by Gasteiger charge is -2.09. The van der Waals surface area contributed by atoms with E-state index < -0.39 is 11.9 Å². The van der Waals surface area contributed by atoms with Gasteiger partial charge in [0.1, 0.15) is 5.56 Å². The second-order valence-corrected chi connectivity index (χ2v) is 4.16. The van der Waals surface area contributed by atoms with Gasteiger partial charge in [-0.15, -0.1) is 0 Å². The topological polar surface area (TPSA) is 95.5 Å². The smallest absolute Gasteiger partial charge is 0.339 e. The van der Waals surface area contributed by atoms with Crippen molar-refractivity contribution in [2.45, 2.75) is 13.3 Å². The Morgan fingerprint density at radius 1 is 1.32 bits per heavy atom. The molecule has 19 heavy (non-hydrogen) atoms. The molecule has 3 N–H and O–H groups in total. The van der Waals surface area contributed by atoms with E-state index in [0.29, 0.717) is 0 Å². The molecule has 0 saturated carbocycles. The normalized spacial score (nSPS) is 9.79. The van der Waals surface area contributed by atoms with Crippen molar-refractivity contribution in [1.82, 2.24) is 5.32 Å². The zero-order chi connectivity index (χ0) is 14.4. The second-order valence-electron chi connectivity index (χ2n) is 3.75. The molecule has 2 amide bonds. The Balaban J connectivity index is 2.72. The Morgan fingerprint density at radius 3 is 2.58 bits per heavy atom. The molecule has 0 saturated heterocycles. The predicted molar refractivity (Wildman–Crippen MR) is 70.3 cm³/mol. The van der Waals surface area contributed by atoms with Gasteiger partial charge in [-0.2, -0.15) is 0 Å². The highest BCUT2D eigenvalue weighted by Gasteiger charge is 2.15. The first-order valence-electron chi connectivity index (χ1n) is 5.48. The van der Waals surface area contributed by atoms with Crippen LogP contribution in [-0.2, 0) is 9.59 Å². The number of carboxylic acid groups (broad SMARTS) is 1. The highest BCUT2D eigenvalue weighted by Crippen LogP contribution is 2.24. The Labute approximate surface area is 114 Å². The molecule has 0 spiro atoms. The maximum absolute atomic E-state index is 11.6. The lowest BCUT2D eigenvalue weighted by molar-refractivity contribution is -0.119. The Hall–Kier alpha value is -2.08. The van der Waals surface area contributed by atoms with Crippen molar-refractivity contribution in [2.75, 3.05) is 11.9 Å². The number of carbonyl (C=O) groups excluding carboxylic acids is 2. The van der Waals surface area contributed by atoms with Crippen molar-refractivity contribution in [3.05, 3.63) is 28.8 Å². The van der Waals surface area contributed by atoms with Gasteiger partial charge in [-0.25, -0.2) is 4.79 Å². The molecule has 0 aliphatic rings.